The highest BCUT2D eigenvalue weighted by atomic mass is 79.9. The van der Waals surface area contributed by atoms with Crippen LogP contribution in [0.15, 0.2) is 32.8 Å². The first-order valence-corrected chi connectivity index (χ1v) is 5.08. The van der Waals surface area contributed by atoms with Crippen molar-refractivity contribution >= 4 is 27.5 Å². The molecule has 0 spiro atoms. The minimum absolute atomic E-state index is 0.141. The normalized spacial score (nSPS) is 12.8. The van der Waals surface area contributed by atoms with Gasteiger partial charge in [0.1, 0.15) is 5.76 Å². The van der Waals surface area contributed by atoms with Crippen LogP contribution in [0.1, 0.15) is 18.7 Å². The topological polar surface area (TPSA) is 25.2 Å². The maximum absolute atomic E-state index is 5.62. The van der Waals surface area contributed by atoms with E-state index in [0.717, 1.165) is 10.4 Å². The Morgan fingerprint density at radius 1 is 1.77 bits per heavy atom. The van der Waals surface area contributed by atoms with E-state index in [4.69, 9.17) is 16.0 Å². The van der Waals surface area contributed by atoms with Gasteiger partial charge in [-0.2, -0.15) is 0 Å². The van der Waals surface area contributed by atoms with Gasteiger partial charge in [0.2, 0.25) is 0 Å². The van der Waals surface area contributed by atoms with Crippen LogP contribution in [0.4, 0.5) is 0 Å². The first kappa shape index (κ1) is 10.8. The summed E-state index contributed by atoms with van der Waals surface area (Å²) in [4.78, 5) is 0. The van der Waals surface area contributed by atoms with Crippen molar-refractivity contribution in [2.75, 3.05) is 6.54 Å². The van der Waals surface area contributed by atoms with Crippen LogP contribution < -0.4 is 5.32 Å². The van der Waals surface area contributed by atoms with E-state index >= 15 is 0 Å². The quantitative estimate of drug-likeness (QED) is 0.901. The Bertz CT molecular complexity index is 298. The fourth-order valence-corrected chi connectivity index (χ4v) is 1.32. The Morgan fingerprint density at radius 2 is 2.46 bits per heavy atom. The maximum Gasteiger partial charge on any atom is 0.169 e. The first-order valence-electron chi connectivity index (χ1n) is 3.91. The second-order valence-electron chi connectivity index (χ2n) is 2.76. The molecule has 0 aliphatic rings. The molecule has 1 aromatic rings. The number of nitrogens with one attached hydrogen (secondary N) is 1. The number of hydrogen-bond donors (Lipinski definition) is 1. The van der Waals surface area contributed by atoms with E-state index in [1.807, 2.05) is 19.1 Å². The van der Waals surface area contributed by atoms with Gasteiger partial charge >= 0.3 is 0 Å². The zero-order chi connectivity index (χ0) is 9.84. The molecule has 1 N–H and O–H groups in total. The fraction of sp³-hybridized carbons (Fsp3) is 0.333. The standard InChI is InChI=1S/C9H11BrClNO/c1-6(11)5-12-7(2)8-3-4-9(10)13-8/h3-4,7,12H,1,5H2,2H3. The van der Waals surface area contributed by atoms with Gasteiger partial charge in [-0.3, -0.25) is 0 Å². The predicted molar refractivity (Wildman–Crippen MR) is 57.8 cm³/mol. The molecule has 2 nitrogen and oxygen atoms in total. The van der Waals surface area contributed by atoms with Crippen molar-refractivity contribution < 1.29 is 4.42 Å². The van der Waals surface area contributed by atoms with Gasteiger partial charge in [0.05, 0.1) is 6.04 Å². The van der Waals surface area contributed by atoms with Gasteiger partial charge in [0, 0.05) is 11.6 Å². The van der Waals surface area contributed by atoms with Crippen LogP contribution in [0.25, 0.3) is 0 Å². The van der Waals surface area contributed by atoms with Crippen LogP contribution in [0.3, 0.4) is 0 Å². The molecule has 0 saturated carbocycles. The number of rotatable bonds is 4. The van der Waals surface area contributed by atoms with Crippen LogP contribution in [-0.2, 0) is 0 Å². The minimum atomic E-state index is 0.141. The van der Waals surface area contributed by atoms with Crippen LogP contribution in [0, 0.1) is 0 Å². The van der Waals surface area contributed by atoms with Crippen LogP contribution in [0.2, 0.25) is 0 Å². The van der Waals surface area contributed by atoms with Crippen molar-refractivity contribution in [3.8, 4) is 0 Å². The molecule has 1 atom stereocenters. The lowest BCUT2D eigenvalue weighted by Crippen LogP contribution is -2.19. The molecule has 0 saturated heterocycles. The van der Waals surface area contributed by atoms with Crippen molar-refractivity contribution in [2.24, 2.45) is 0 Å². The highest BCUT2D eigenvalue weighted by Gasteiger charge is 2.08. The van der Waals surface area contributed by atoms with E-state index in [9.17, 15) is 0 Å². The lowest BCUT2D eigenvalue weighted by molar-refractivity contribution is 0.427. The third kappa shape index (κ3) is 3.55. The number of furan rings is 1. The smallest absolute Gasteiger partial charge is 0.169 e. The van der Waals surface area contributed by atoms with E-state index in [-0.39, 0.29) is 6.04 Å². The highest BCUT2D eigenvalue weighted by molar-refractivity contribution is 9.10. The zero-order valence-corrected chi connectivity index (χ0v) is 9.65. The van der Waals surface area contributed by atoms with E-state index < -0.39 is 0 Å². The van der Waals surface area contributed by atoms with Crippen molar-refractivity contribution in [2.45, 2.75) is 13.0 Å². The summed E-state index contributed by atoms with van der Waals surface area (Å²) in [5.74, 6) is 0.879. The summed E-state index contributed by atoms with van der Waals surface area (Å²) in [6.45, 7) is 6.18. The molecule has 0 radical (unpaired) electrons. The summed E-state index contributed by atoms with van der Waals surface area (Å²) in [7, 11) is 0. The molecule has 0 amide bonds. The largest absolute Gasteiger partial charge is 0.453 e. The van der Waals surface area contributed by atoms with Crippen molar-refractivity contribution in [3.05, 3.63) is 34.2 Å². The molecule has 1 heterocycles. The summed E-state index contributed by atoms with van der Waals surface area (Å²) >= 11 is 8.86. The van der Waals surface area contributed by atoms with E-state index in [1.54, 1.807) is 0 Å². The van der Waals surface area contributed by atoms with E-state index in [0.29, 0.717) is 11.6 Å². The molecule has 1 rings (SSSR count). The summed E-state index contributed by atoms with van der Waals surface area (Å²) in [5.41, 5.74) is 0. The fourth-order valence-electron chi connectivity index (χ4n) is 0.925. The highest BCUT2D eigenvalue weighted by Crippen LogP contribution is 2.20. The van der Waals surface area contributed by atoms with Crippen molar-refractivity contribution in [1.29, 1.82) is 0 Å². The second-order valence-corrected chi connectivity index (χ2v) is 4.08. The molecule has 72 valence electrons. The Morgan fingerprint density at radius 3 is 2.92 bits per heavy atom. The van der Waals surface area contributed by atoms with Gasteiger partial charge in [-0.1, -0.05) is 18.2 Å². The SMILES string of the molecule is C=C(Cl)CNC(C)c1ccc(Br)o1. The number of hydrogen-bond acceptors (Lipinski definition) is 2. The molecule has 0 aromatic carbocycles. The molecular formula is C9H11BrClNO. The molecule has 4 heteroatoms. The molecule has 13 heavy (non-hydrogen) atoms. The van der Waals surface area contributed by atoms with Gasteiger partial charge in [-0.05, 0) is 35.0 Å². The lowest BCUT2D eigenvalue weighted by atomic mass is 10.2. The van der Waals surface area contributed by atoms with Crippen molar-refractivity contribution in [3.63, 3.8) is 0 Å². The minimum Gasteiger partial charge on any atom is -0.453 e. The molecule has 0 bridgehead atoms. The van der Waals surface area contributed by atoms with Gasteiger partial charge in [0.25, 0.3) is 0 Å². The summed E-state index contributed by atoms with van der Waals surface area (Å²) < 4.78 is 6.10. The van der Waals surface area contributed by atoms with Crippen molar-refractivity contribution in [1.82, 2.24) is 5.32 Å². The molecule has 0 fully saturated rings. The molecule has 1 unspecified atom stereocenters. The monoisotopic (exact) mass is 263 g/mol. The molecule has 0 aliphatic heterocycles. The Hall–Kier alpha value is -0.250. The van der Waals surface area contributed by atoms with E-state index in [2.05, 4.69) is 27.8 Å². The van der Waals surface area contributed by atoms with Gasteiger partial charge in [-0.25, -0.2) is 0 Å². The number of halogens is 2. The Labute approximate surface area is 91.1 Å². The summed E-state index contributed by atoms with van der Waals surface area (Å²) in [6.07, 6.45) is 0. The average molecular weight is 265 g/mol. The summed E-state index contributed by atoms with van der Waals surface area (Å²) in [6, 6.07) is 3.92. The maximum atomic E-state index is 5.62. The van der Waals surface area contributed by atoms with Crippen LogP contribution >= 0.6 is 27.5 Å². The Balaban J connectivity index is 2.48. The van der Waals surface area contributed by atoms with Crippen LogP contribution in [0.5, 0.6) is 0 Å². The third-order valence-corrected chi connectivity index (χ3v) is 2.18. The van der Waals surface area contributed by atoms with Gasteiger partial charge < -0.3 is 9.73 Å². The molecular weight excluding hydrogens is 253 g/mol. The second kappa shape index (κ2) is 4.84. The predicted octanol–water partition coefficient (Wildman–Crippen LogP) is 3.45. The zero-order valence-electron chi connectivity index (χ0n) is 7.31. The summed E-state index contributed by atoms with van der Waals surface area (Å²) in [5, 5.41) is 3.76. The van der Waals surface area contributed by atoms with E-state index in [1.165, 1.54) is 0 Å². The lowest BCUT2D eigenvalue weighted by Gasteiger charge is -2.09. The third-order valence-electron chi connectivity index (χ3n) is 1.62. The molecule has 0 aliphatic carbocycles. The molecule has 1 aromatic heterocycles. The van der Waals surface area contributed by atoms with Gasteiger partial charge in [-0.15, -0.1) is 0 Å². The van der Waals surface area contributed by atoms with Crippen LogP contribution in [-0.4, -0.2) is 6.54 Å². The van der Waals surface area contributed by atoms with Gasteiger partial charge in [0.15, 0.2) is 4.67 Å². The average Bonchev–Trinajstić information content (AvgIpc) is 2.47. The first-order chi connectivity index (χ1) is 6.09. The Kier molecular flexibility index (Phi) is 4.03.